The number of rotatable bonds is 5. The summed E-state index contributed by atoms with van der Waals surface area (Å²) in [7, 11) is -2.64. The Labute approximate surface area is 132 Å². The molecule has 122 valence electrons. The third-order valence-corrected chi connectivity index (χ3v) is 3.89. The van der Waals surface area contributed by atoms with Gasteiger partial charge in [-0.25, -0.2) is 22.7 Å². The quantitative estimate of drug-likeness (QED) is 0.839. The number of sulfonamides is 1. The minimum Gasteiger partial charge on any atom is -0.496 e. The number of benzene rings is 2. The van der Waals surface area contributed by atoms with Gasteiger partial charge in [0.25, 0.3) is 0 Å². The Morgan fingerprint density at radius 2 is 1.96 bits per heavy atom. The van der Waals surface area contributed by atoms with Crippen molar-refractivity contribution in [2.75, 3.05) is 7.11 Å². The lowest BCUT2D eigenvalue weighted by Crippen LogP contribution is -2.14. The molecule has 0 amide bonds. The Hall–Kier alpha value is -2.45. The molecular formula is C15H14FNO5S. The van der Waals surface area contributed by atoms with Gasteiger partial charge < -0.3 is 9.47 Å². The van der Waals surface area contributed by atoms with E-state index >= 15 is 0 Å². The second-order valence-electron chi connectivity index (χ2n) is 4.61. The van der Waals surface area contributed by atoms with Crippen molar-refractivity contribution in [1.29, 1.82) is 0 Å². The van der Waals surface area contributed by atoms with Crippen LogP contribution in [0.25, 0.3) is 0 Å². The topological polar surface area (TPSA) is 95.7 Å². The summed E-state index contributed by atoms with van der Waals surface area (Å²) < 4.78 is 45.9. The van der Waals surface area contributed by atoms with Crippen LogP contribution in [0.3, 0.4) is 0 Å². The first kappa shape index (κ1) is 16.9. The van der Waals surface area contributed by atoms with Gasteiger partial charge in [0.15, 0.2) is 0 Å². The first-order valence-corrected chi connectivity index (χ1v) is 7.98. The number of halogens is 1. The number of nitrogens with two attached hydrogens (primary N) is 1. The van der Waals surface area contributed by atoms with Crippen LogP contribution in [0.5, 0.6) is 5.75 Å². The van der Waals surface area contributed by atoms with Gasteiger partial charge in [-0.15, -0.1) is 0 Å². The molecule has 23 heavy (non-hydrogen) atoms. The van der Waals surface area contributed by atoms with Gasteiger partial charge in [-0.2, -0.15) is 0 Å². The second-order valence-corrected chi connectivity index (χ2v) is 6.17. The highest BCUT2D eigenvalue weighted by Gasteiger charge is 2.18. The summed E-state index contributed by atoms with van der Waals surface area (Å²) in [6.07, 6.45) is 0. The lowest BCUT2D eigenvalue weighted by molar-refractivity contribution is 0.0468. The maximum Gasteiger partial charge on any atom is 0.342 e. The Kier molecular flexibility index (Phi) is 4.97. The van der Waals surface area contributed by atoms with Crippen molar-refractivity contribution in [1.82, 2.24) is 0 Å². The van der Waals surface area contributed by atoms with E-state index in [0.29, 0.717) is 5.56 Å². The zero-order chi connectivity index (χ0) is 17.0. The molecule has 0 spiro atoms. The van der Waals surface area contributed by atoms with Crippen LogP contribution in [0.1, 0.15) is 15.9 Å². The fraction of sp³-hybridized carbons (Fsp3) is 0.133. The Morgan fingerprint density at radius 3 is 2.57 bits per heavy atom. The second kappa shape index (κ2) is 6.76. The molecule has 0 bridgehead atoms. The summed E-state index contributed by atoms with van der Waals surface area (Å²) in [6, 6.07) is 9.17. The number of carbonyl (C=O) groups is 1. The molecule has 8 heteroatoms. The van der Waals surface area contributed by atoms with Crippen LogP contribution >= 0.6 is 0 Å². The fourth-order valence-electron chi connectivity index (χ4n) is 1.88. The fourth-order valence-corrected chi connectivity index (χ4v) is 2.42. The molecular weight excluding hydrogens is 325 g/mol. The monoisotopic (exact) mass is 339 g/mol. The van der Waals surface area contributed by atoms with E-state index in [-0.39, 0.29) is 22.8 Å². The summed E-state index contributed by atoms with van der Waals surface area (Å²) in [6.45, 7) is -0.167. The third kappa shape index (κ3) is 4.27. The van der Waals surface area contributed by atoms with Crippen molar-refractivity contribution < 1.29 is 27.1 Å². The highest BCUT2D eigenvalue weighted by atomic mass is 32.2. The van der Waals surface area contributed by atoms with Gasteiger partial charge in [-0.05, 0) is 35.9 Å². The number of ether oxygens (including phenoxy) is 2. The molecule has 2 aromatic carbocycles. The molecule has 0 atom stereocenters. The van der Waals surface area contributed by atoms with Crippen molar-refractivity contribution in [3.05, 3.63) is 59.4 Å². The van der Waals surface area contributed by atoms with E-state index in [4.69, 9.17) is 14.6 Å². The Bertz CT molecular complexity index is 836. The molecule has 0 aromatic heterocycles. The minimum absolute atomic E-state index is 0.0876. The van der Waals surface area contributed by atoms with Crippen molar-refractivity contribution in [2.45, 2.75) is 11.5 Å². The molecule has 0 radical (unpaired) electrons. The number of hydrogen-bond donors (Lipinski definition) is 1. The molecule has 2 N–H and O–H groups in total. The molecule has 0 aliphatic heterocycles. The number of carbonyl (C=O) groups excluding carboxylic acids is 1. The number of esters is 1. The molecule has 2 aromatic rings. The predicted molar refractivity (Wildman–Crippen MR) is 79.9 cm³/mol. The van der Waals surface area contributed by atoms with Crippen LogP contribution in [0.15, 0.2) is 47.4 Å². The molecule has 0 aliphatic rings. The van der Waals surface area contributed by atoms with Crippen LogP contribution in [0.4, 0.5) is 4.39 Å². The van der Waals surface area contributed by atoms with Crippen LogP contribution in [0, 0.1) is 5.82 Å². The molecule has 2 rings (SSSR count). The summed E-state index contributed by atoms with van der Waals surface area (Å²) >= 11 is 0. The van der Waals surface area contributed by atoms with Crippen molar-refractivity contribution in [3.8, 4) is 5.75 Å². The number of primary sulfonamides is 1. The molecule has 0 fully saturated rings. The van der Waals surface area contributed by atoms with Crippen LogP contribution in [-0.2, 0) is 21.4 Å². The van der Waals surface area contributed by atoms with E-state index in [1.54, 1.807) is 6.07 Å². The summed E-state index contributed by atoms with van der Waals surface area (Å²) in [5.41, 5.74) is 0.371. The lowest BCUT2D eigenvalue weighted by Gasteiger charge is -2.10. The van der Waals surface area contributed by atoms with Gasteiger partial charge in [0.05, 0.1) is 12.0 Å². The van der Waals surface area contributed by atoms with Gasteiger partial charge in [-0.1, -0.05) is 12.1 Å². The average Bonchev–Trinajstić information content (AvgIpc) is 2.51. The molecule has 0 saturated heterocycles. The van der Waals surface area contributed by atoms with Crippen molar-refractivity contribution >= 4 is 16.0 Å². The average molecular weight is 339 g/mol. The van der Waals surface area contributed by atoms with Gasteiger partial charge in [0.2, 0.25) is 10.0 Å². The van der Waals surface area contributed by atoms with E-state index in [9.17, 15) is 17.6 Å². The first-order chi connectivity index (χ1) is 10.8. The van der Waals surface area contributed by atoms with E-state index < -0.39 is 21.8 Å². The van der Waals surface area contributed by atoms with E-state index in [0.717, 1.165) is 6.07 Å². The summed E-state index contributed by atoms with van der Waals surface area (Å²) in [5, 5.41) is 5.04. The standard InChI is InChI=1S/C15H14FNO5S/c1-21-14-6-5-12(23(17,19)20)8-13(14)15(18)22-9-10-3-2-4-11(16)7-10/h2-8H,9H2,1H3,(H2,17,19,20). The first-order valence-electron chi connectivity index (χ1n) is 6.43. The summed E-state index contributed by atoms with van der Waals surface area (Å²) in [5.74, 6) is -1.12. The highest BCUT2D eigenvalue weighted by molar-refractivity contribution is 7.89. The van der Waals surface area contributed by atoms with E-state index in [2.05, 4.69) is 0 Å². The predicted octanol–water partition coefficient (Wildman–Crippen LogP) is 1.84. The molecule has 0 unspecified atom stereocenters. The summed E-state index contributed by atoms with van der Waals surface area (Å²) in [4.78, 5) is 11.9. The maximum atomic E-state index is 13.1. The normalized spacial score (nSPS) is 11.1. The van der Waals surface area contributed by atoms with Crippen molar-refractivity contribution in [2.24, 2.45) is 5.14 Å². The number of hydrogen-bond acceptors (Lipinski definition) is 5. The maximum absolute atomic E-state index is 13.1. The van der Waals surface area contributed by atoms with Crippen LogP contribution in [0.2, 0.25) is 0 Å². The third-order valence-electron chi connectivity index (χ3n) is 2.98. The van der Waals surface area contributed by atoms with E-state index in [1.807, 2.05) is 0 Å². The smallest absolute Gasteiger partial charge is 0.342 e. The van der Waals surface area contributed by atoms with Gasteiger partial charge in [-0.3, -0.25) is 0 Å². The molecule has 6 nitrogen and oxygen atoms in total. The minimum atomic E-state index is -3.97. The number of methoxy groups -OCH3 is 1. The van der Waals surface area contributed by atoms with Gasteiger partial charge in [0.1, 0.15) is 23.7 Å². The van der Waals surface area contributed by atoms with Gasteiger partial charge in [0, 0.05) is 0 Å². The zero-order valence-corrected chi connectivity index (χ0v) is 13.0. The van der Waals surface area contributed by atoms with Crippen LogP contribution < -0.4 is 9.88 Å². The zero-order valence-electron chi connectivity index (χ0n) is 12.2. The Balaban J connectivity index is 2.24. The van der Waals surface area contributed by atoms with Crippen LogP contribution in [-0.4, -0.2) is 21.5 Å². The van der Waals surface area contributed by atoms with E-state index in [1.165, 1.54) is 37.4 Å². The largest absolute Gasteiger partial charge is 0.496 e. The van der Waals surface area contributed by atoms with Crippen molar-refractivity contribution in [3.63, 3.8) is 0 Å². The lowest BCUT2D eigenvalue weighted by atomic mass is 10.2. The highest BCUT2D eigenvalue weighted by Crippen LogP contribution is 2.23. The van der Waals surface area contributed by atoms with Gasteiger partial charge >= 0.3 is 5.97 Å². The molecule has 0 aliphatic carbocycles. The SMILES string of the molecule is COc1ccc(S(N)(=O)=O)cc1C(=O)OCc1cccc(F)c1. The molecule has 0 saturated carbocycles. The molecule has 0 heterocycles. The Morgan fingerprint density at radius 1 is 1.22 bits per heavy atom.